The molecule has 0 bridgehead atoms. The highest BCUT2D eigenvalue weighted by Crippen LogP contribution is 2.52. The Bertz CT molecular complexity index is 959. The molecule has 0 N–H and O–H groups in total. The molecular formula is C29H36O3. The summed E-state index contributed by atoms with van der Waals surface area (Å²) in [6.45, 7) is 3.85. The van der Waals surface area contributed by atoms with Crippen LogP contribution in [0.2, 0.25) is 0 Å². The van der Waals surface area contributed by atoms with Gasteiger partial charge in [0.25, 0.3) is 0 Å². The third-order valence-corrected chi connectivity index (χ3v) is 7.15. The maximum atomic E-state index is 6.04. The quantitative estimate of drug-likeness (QED) is 0.392. The number of aryl methyl sites for hydroxylation is 1. The van der Waals surface area contributed by atoms with Gasteiger partial charge in [-0.05, 0) is 78.3 Å². The summed E-state index contributed by atoms with van der Waals surface area (Å²) in [4.78, 5) is 0. The molecule has 1 fully saturated rings. The molecule has 0 aliphatic heterocycles. The van der Waals surface area contributed by atoms with Crippen molar-refractivity contribution in [2.24, 2.45) is 5.41 Å². The Balaban J connectivity index is 1.47. The Morgan fingerprint density at radius 1 is 0.938 bits per heavy atom. The first-order chi connectivity index (χ1) is 15.6. The number of allylic oxidation sites excluding steroid dienone is 2. The molecule has 0 aromatic heterocycles. The Hall–Kier alpha value is -2.36. The molecule has 0 unspecified atom stereocenters. The predicted molar refractivity (Wildman–Crippen MR) is 130 cm³/mol. The van der Waals surface area contributed by atoms with E-state index in [0.29, 0.717) is 12.7 Å². The average molecular weight is 433 g/mol. The highest BCUT2D eigenvalue weighted by atomic mass is 16.5. The molecule has 0 heterocycles. The summed E-state index contributed by atoms with van der Waals surface area (Å²) in [7, 11) is 3.59. The van der Waals surface area contributed by atoms with Gasteiger partial charge >= 0.3 is 0 Å². The van der Waals surface area contributed by atoms with E-state index < -0.39 is 0 Å². The van der Waals surface area contributed by atoms with Crippen LogP contribution >= 0.6 is 0 Å². The smallest absolute Gasteiger partial charge is 0.119 e. The topological polar surface area (TPSA) is 27.7 Å². The zero-order chi connectivity index (χ0) is 22.4. The van der Waals surface area contributed by atoms with Gasteiger partial charge in [-0.2, -0.15) is 0 Å². The third kappa shape index (κ3) is 5.33. The second-order valence-electron chi connectivity index (χ2n) is 9.36. The zero-order valence-corrected chi connectivity index (χ0v) is 19.7. The van der Waals surface area contributed by atoms with E-state index in [2.05, 4.69) is 55.5 Å². The predicted octanol–water partition coefficient (Wildman–Crippen LogP) is 6.68. The fourth-order valence-electron chi connectivity index (χ4n) is 5.31. The van der Waals surface area contributed by atoms with Crippen LogP contribution in [-0.2, 0) is 22.5 Å². The van der Waals surface area contributed by atoms with Gasteiger partial charge in [0.2, 0.25) is 0 Å². The molecule has 0 amide bonds. The van der Waals surface area contributed by atoms with Crippen molar-refractivity contribution in [3.8, 4) is 5.75 Å². The Morgan fingerprint density at radius 3 is 2.53 bits per heavy atom. The van der Waals surface area contributed by atoms with Crippen LogP contribution in [0.5, 0.6) is 5.75 Å². The minimum absolute atomic E-state index is 0.235. The van der Waals surface area contributed by atoms with Gasteiger partial charge in [0.1, 0.15) is 5.75 Å². The normalized spacial score (nSPS) is 22.6. The van der Waals surface area contributed by atoms with Crippen LogP contribution in [-0.4, -0.2) is 26.9 Å². The van der Waals surface area contributed by atoms with Gasteiger partial charge < -0.3 is 14.2 Å². The molecule has 2 aromatic carbocycles. The van der Waals surface area contributed by atoms with Gasteiger partial charge in [-0.15, -0.1) is 0 Å². The van der Waals surface area contributed by atoms with Crippen LogP contribution in [0.25, 0.3) is 0 Å². The fraction of sp³-hybridized carbons (Fsp3) is 0.448. The molecular weight excluding hydrogens is 396 g/mol. The summed E-state index contributed by atoms with van der Waals surface area (Å²) in [5.74, 6) is 0.930. The van der Waals surface area contributed by atoms with Gasteiger partial charge in [0.15, 0.2) is 0 Å². The average Bonchev–Trinajstić information content (AvgIpc) is 3.18. The van der Waals surface area contributed by atoms with E-state index in [1.54, 1.807) is 18.3 Å². The molecule has 32 heavy (non-hydrogen) atoms. The number of hydrogen-bond acceptors (Lipinski definition) is 3. The summed E-state index contributed by atoms with van der Waals surface area (Å²) in [6, 6.07) is 18.9. The van der Waals surface area contributed by atoms with Crippen molar-refractivity contribution in [1.82, 2.24) is 0 Å². The van der Waals surface area contributed by atoms with Gasteiger partial charge in [-0.1, -0.05) is 61.0 Å². The molecule has 0 saturated heterocycles. The molecule has 2 aromatic rings. The number of hydrogen-bond donors (Lipinski definition) is 0. The molecule has 0 radical (unpaired) electrons. The summed E-state index contributed by atoms with van der Waals surface area (Å²) in [6.07, 6.45) is 9.15. The Kier molecular flexibility index (Phi) is 7.49. The highest BCUT2D eigenvalue weighted by Gasteiger charge is 2.42. The number of ether oxygens (including phenoxy) is 3. The lowest BCUT2D eigenvalue weighted by molar-refractivity contribution is 0.0976. The monoisotopic (exact) mass is 432 g/mol. The molecule has 170 valence electrons. The summed E-state index contributed by atoms with van der Waals surface area (Å²) in [5.41, 5.74) is 7.43. The van der Waals surface area contributed by atoms with Crippen molar-refractivity contribution in [3.63, 3.8) is 0 Å². The minimum atomic E-state index is 0.235. The van der Waals surface area contributed by atoms with Crippen molar-refractivity contribution in [3.05, 3.63) is 88.5 Å². The summed E-state index contributed by atoms with van der Waals surface area (Å²) in [5, 5.41) is 0. The third-order valence-electron chi connectivity index (χ3n) is 7.15. The summed E-state index contributed by atoms with van der Waals surface area (Å²) < 4.78 is 17.3. The standard InChI is InChI=1S/C29H36O3/c1-29-16-14-24(15-17-32-21-23-8-5-4-6-9-23)27(28(29)19-26(20-29)31-3)13-12-22-10-7-11-25(18-22)30-2/h4-11,14,18,26H,12-13,15-17,19-21H2,1-3H3/t26-,29-/m0/s1. The van der Waals surface area contributed by atoms with Crippen LogP contribution in [0.1, 0.15) is 50.2 Å². The van der Waals surface area contributed by atoms with Crippen LogP contribution in [0.4, 0.5) is 0 Å². The molecule has 1 saturated carbocycles. The number of benzene rings is 2. The second kappa shape index (κ2) is 10.5. The zero-order valence-electron chi connectivity index (χ0n) is 19.7. The lowest BCUT2D eigenvalue weighted by Crippen LogP contribution is -2.20. The van der Waals surface area contributed by atoms with E-state index in [-0.39, 0.29) is 5.41 Å². The van der Waals surface area contributed by atoms with E-state index in [9.17, 15) is 0 Å². The molecule has 2 atom stereocenters. The lowest BCUT2D eigenvalue weighted by atomic mass is 9.72. The number of rotatable bonds is 10. The van der Waals surface area contributed by atoms with Gasteiger partial charge in [-0.25, -0.2) is 0 Å². The van der Waals surface area contributed by atoms with Crippen molar-refractivity contribution in [1.29, 1.82) is 0 Å². The van der Waals surface area contributed by atoms with E-state index in [4.69, 9.17) is 14.2 Å². The maximum Gasteiger partial charge on any atom is 0.119 e. The largest absolute Gasteiger partial charge is 0.497 e. The van der Waals surface area contributed by atoms with E-state index in [0.717, 1.165) is 50.9 Å². The lowest BCUT2D eigenvalue weighted by Gasteiger charge is -2.33. The van der Waals surface area contributed by atoms with Gasteiger partial charge in [0, 0.05) is 7.11 Å². The summed E-state index contributed by atoms with van der Waals surface area (Å²) >= 11 is 0. The first kappa shape index (κ1) is 22.8. The number of fused-ring (bicyclic) bond motifs is 1. The van der Waals surface area contributed by atoms with Crippen LogP contribution in [0, 0.1) is 5.41 Å². The highest BCUT2D eigenvalue weighted by molar-refractivity contribution is 5.45. The van der Waals surface area contributed by atoms with Crippen LogP contribution < -0.4 is 4.74 Å². The van der Waals surface area contributed by atoms with E-state index in [1.807, 2.05) is 19.2 Å². The van der Waals surface area contributed by atoms with Gasteiger partial charge in [-0.3, -0.25) is 0 Å². The van der Waals surface area contributed by atoms with Gasteiger partial charge in [0.05, 0.1) is 26.4 Å². The number of methoxy groups -OCH3 is 2. The molecule has 3 nitrogen and oxygen atoms in total. The Labute approximate surface area is 193 Å². The minimum Gasteiger partial charge on any atom is -0.497 e. The fourth-order valence-corrected chi connectivity index (χ4v) is 5.31. The first-order valence-electron chi connectivity index (χ1n) is 11.8. The molecule has 3 heteroatoms. The Morgan fingerprint density at radius 2 is 1.75 bits per heavy atom. The molecule has 2 aliphatic carbocycles. The molecule has 2 aliphatic rings. The van der Waals surface area contributed by atoms with E-state index >= 15 is 0 Å². The molecule has 0 spiro atoms. The SMILES string of the molecule is COc1cccc(CCC2=C3C[C@H](OC)C[C@]3(C)CC=C2CCOCc2ccccc2)c1. The van der Waals surface area contributed by atoms with Crippen LogP contribution in [0.3, 0.4) is 0 Å². The van der Waals surface area contributed by atoms with Crippen molar-refractivity contribution in [2.75, 3.05) is 20.8 Å². The van der Waals surface area contributed by atoms with Crippen LogP contribution in [0.15, 0.2) is 77.4 Å². The maximum absolute atomic E-state index is 6.04. The van der Waals surface area contributed by atoms with Crippen molar-refractivity contribution in [2.45, 2.75) is 58.2 Å². The second-order valence-corrected chi connectivity index (χ2v) is 9.36. The first-order valence-corrected chi connectivity index (χ1v) is 11.8. The van der Waals surface area contributed by atoms with E-state index in [1.165, 1.54) is 16.7 Å². The van der Waals surface area contributed by atoms with Crippen molar-refractivity contribution >= 4 is 0 Å². The van der Waals surface area contributed by atoms with Crippen molar-refractivity contribution < 1.29 is 14.2 Å². The molecule has 4 rings (SSSR count).